The molecule has 0 aliphatic carbocycles. The van der Waals surface area contributed by atoms with Gasteiger partial charge in [-0.1, -0.05) is 30.3 Å². The Hall–Kier alpha value is -2.64. The van der Waals surface area contributed by atoms with E-state index in [1.807, 2.05) is 11.0 Å². The van der Waals surface area contributed by atoms with Gasteiger partial charge in [0, 0.05) is 38.3 Å². The lowest BCUT2D eigenvalue weighted by atomic mass is 10.1. The molecule has 4 nitrogen and oxygen atoms in total. The quantitative estimate of drug-likeness (QED) is 0.870. The average molecular weight is 319 g/mol. The van der Waals surface area contributed by atoms with Crippen molar-refractivity contribution in [1.82, 2.24) is 9.80 Å². The highest BCUT2D eigenvalue weighted by atomic mass is 16.2. The first-order chi connectivity index (χ1) is 11.8. The van der Waals surface area contributed by atoms with Gasteiger partial charge < -0.3 is 4.90 Å². The van der Waals surface area contributed by atoms with Gasteiger partial charge in [0.1, 0.15) is 0 Å². The number of amides is 1. The summed E-state index contributed by atoms with van der Waals surface area (Å²) in [7, 11) is 0. The van der Waals surface area contributed by atoms with Crippen LogP contribution in [0.4, 0.5) is 0 Å². The Kier molecular flexibility index (Phi) is 5.25. The molecule has 122 valence electrons. The molecule has 24 heavy (non-hydrogen) atoms. The van der Waals surface area contributed by atoms with Crippen LogP contribution in [0.5, 0.6) is 0 Å². The molecule has 0 N–H and O–H groups in total. The first kappa shape index (κ1) is 16.2. The highest BCUT2D eigenvalue weighted by Crippen LogP contribution is 2.11. The van der Waals surface area contributed by atoms with Crippen molar-refractivity contribution in [3.63, 3.8) is 0 Å². The van der Waals surface area contributed by atoms with Crippen molar-refractivity contribution < 1.29 is 4.79 Å². The fourth-order valence-electron chi connectivity index (χ4n) is 2.98. The number of piperazine rings is 1. The monoisotopic (exact) mass is 319 g/mol. The number of nitriles is 1. The number of carbonyl (C=O) groups is 1. The van der Waals surface area contributed by atoms with Crippen molar-refractivity contribution in [3.8, 4) is 6.07 Å². The number of rotatable bonds is 4. The second kappa shape index (κ2) is 7.76. The minimum atomic E-state index is 0.0576. The van der Waals surface area contributed by atoms with Crippen LogP contribution in [-0.4, -0.2) is 48.4 Å². The Morgan fingerprint density at radius 1 is 0.958 bits per heavy atom. The van der Waals surface area contributed by atoms with Crippen LogP contribution in [0.1, 0.15) is 21.5 Å². The number of hydrogen-bond donors (Lipinski definition) is 0. The van der Waals surface area contributed by atoms with Crippen molar-refractivity contribution in [3.05, 3.63) is 71.3 Å². The summed E-state index contributed by atoms with van der Waals surface area (Å²) in [5.41, 5.74) is 2.60. The Bertz CT molecular complexity index is 711. The van der Waals surface area contributed by atoms with E-state index in [2.05, 4.69) is 35.2 Å². The van der Waals surface area contributed by atoms with Crippen LogP contribution in [0.25, 0.3) is 0 Å². The fraction of sp³-hybridized carbons (Fsp3) is 0.300. The van der Waals surface area contributed by atoms with Crippen molar-refractivity contribution in [2.75, 3.05) is 32.7 Å². The lowest BCUT2D eigenvalue weighted by Crippen LogP contribution is -2.49. The van der Waals surface area contributed by atoms with E-state index in [0.717, 1.165) is 39.1 Å². The van der Waals surface area contributed by atoms with E-state index in [4.69, 9.17) is 5.26 Å². The number of carbonyl (C=O) groups excluding carboxylic acids is 1. The summed E-state index contributed by atoms with van der Waals surface area (Å²) in [5, 5.41) is 8.83. The number of hydrogen-bond acceptors (Lipinski definition) is 3. The topological polar surface area (TPSA) is 47.3 Å². The van der Waals surface area contributed by atoms with E-state index in [1.165, 1.54) is 5.56 Å². The molecule has 0 atom stereocenters. The predicted octanol–water partition coefficient (Wildman–Crippen LogP) is 2.56. The van der Waals surface area contributed by atoms with Crippen LogP contribution in [0.2, 0.25) is 0 Å². The van der Waals surface area contributed by atoms with Gasteiger partial charge in [-0.2, -0.15) is 5.26 Å². The molecule has 4 heteroatoms. The van der Waals surface area contributed by atoms with Gasteiger partial charge in [-0.05, 0) is 36.2 Å². The number of nitrogens with zero attached hydrogens (tertiary/aromatic N) is 3. The maximum absolute atomic E-state index is 12.5. The summed E-state index contributed by atoms with van der Waals surface area (Å²) in [4.78, 5) is 16.8. The first-order valence-electron chi connectivity index (χ1n) is 8.32. The second-order valence-corrected chi connectivity index (χ2v) is 6.06. The molecule has 0 bridgehead atoms. The molecular weight excluding hydrogens is 298 g/mol. The third kappa shape index (κ3) is 4.01. The van der Waals surface area contributed by atoms with Gasteiger partial charge in [-0.3, -0.25) is 9.69 Å². The minimum absolute atomic E-state index is 0.0576. The van der Waals surface area contributed by atoms with Gasteiger partial charge >= 0.3 is 0 Å². The largest absolute Gasteiger partial charge is 0.336 e. The molecule has 1 fully saturated rings. The zero-order chi connectivity index (χ0) is 16.8. The molecule has 3 rings (SSSR count). The van der Waals surface area contributed by atoms with E-state index >= 15 is 0 Å². The van der Waals surface area contributed by atoms with E-state index in [0.29, 0.717) is 11.1 Å². The molecule has 0 spiro atoms. The van der Waals surface area contributed by atoms with Crippen LogP contribution in [0, 0.1) is 11.3 Å². The zero-order valence-electron chi connectivity index (χ0n) is 13.7. The highest BCUT2D eigenvalue weighted by molar-refractivity contribution is 5.94. The Balaban J connectivity index is 1.49. The molecule has 0 saturated carbocycles. The van der Waals surface area contributed by atoms with Gasteiger partial charge in [-0.25, -0.2) is 0 Å². The van der Waals surface area contributed by atoms with Gasteiger partial charge in [0.05, 0.1) is 11.6 Å². The molecule has 1 aliphatic heterocycles. The molecule has 0 radical (unpaired) electrons. The lowest BCUT2D eigenvalue weighted by Gasteiger charge is -2.34. The van der Waals surface area contributed by atoms with Crippen molar-refractivity contribution >= 4 is 5.91 Å². The summed E-state index contributed by atoms with van der Waals surface area (Å²) in [6.07, 6.45) is 1.05. The molecule has 1 amide bonds. The fourth-order valence-corrected chi connectivity index (χ4v) is 2.98. The molecule has 1 saturated heterocycles. The minimum Gasteiger partial charge on any atom is -0.336 e. The lowest BCUT2D eigenvalue weighted by molar-refractivity contribution is 0.0638. The zero-order valence-corrected chi connectivity index (χ0v) is 13.7. The third-order valence-electron chi connectivity index (χ3n) is 4.48. The van der Waals surface area contributed by atoms with Gasteiger partial charge in [0.15, 0.2) is 0 Å². The third-order valence-corrected chi connectivity index (χ3v) is 4.48. The smallest absolute Gasteiger partial charge is 0.253 e. The molecule has 2 aromatic rings. The molecular formula is C20H21N3O. The van der Waals surface area contributed by atoms with Crippen LogP contribution in [-0.2, 0) is 6.42 Å². The average Bonchev–Trinajstić information content (AvgIpc) is 2.67. The maximum Gasteiger partial charge on any atom is 0.253 e. The van der Waals surface area contributed by atoms with E-state index < -0.39 is 0 Å². The van der Waals surface area contributed by atoms with Crippen LogP contribution >= 0.6 is 0 Å². The molecule has 1 aliphatic rings. The Morgan fingerprint density at radius 3 is 2.25 bits per heavy atom. The Labute approximate surface area is 142 Å². The second-order valence-electron chi connectivity index (χ2n) is 6.06. The number of benzene rings is 2. The van der Waals surface area contributed by atoms with E-state index in [9.17, 15) is 4.79 Å². The van der Waals surface area contributed by atoms with Crippen LogP contribution in [0.3, 0.4) is 0 Å². The summed E-state index contributed by atoms with van der Waals surface area (Å²) < 4.78 is 0. The molecule has 1 heterocycles. The van der Waals surface area contributed by atoms with Crippen molar-refractivity contribution in [2.45, 2.75) is 6.42 Å². The summed E-state index contributed by atoms with van der Waals surface area (Å²) in [6.45, 7) is 4.37. The van der Waals surface area contributed by atoms with E-state index in [1.54, 1.807) is 24.3 Å². The maximum atomic E-state index is 12.5. The van der Waals surface area contributed by atoms with E-state index in [-0.39, 0.29) is 5.91 Å². The SMILES string of the molecule is N#Cc1ccc(C(=O)N2CCN(CCc3ccccc3)CC2)cc1. The Morgan fingerprint density at radius 2 is 1.62 bits per heavy atom. The van der Waals surface area contributed by atoms with Gasteiger partial charge in [0.25, 0.3) is 5.91 Å². The molecule has 0 aromatic heterocycles. The van der Waals surface area contributed by atoms with Crippen molar-refractivity contribution in [2.24, 2.45) is 0 Å². The van der Waals surface area contributed by atoms with Gasteiger partial charge in [0.2, 0.25) is 0 Å². The highest BCUT2D eigenvalue weighted by Gasteiger charge is 2.21. The first-order valence-corrected chi connectivity index (χ1v) is 8.32. The van der Waals surface area contributed by atoms with Crippen LogP contribution < -0.4 is 0 Å². The molecule has 2 aromatic carbocycles. The normalized spacial score (nSPS) is 15.0. The van der Waals surface area contributed by atoms with Crippen molar-refractivity contribution in [1.29, 1.82) is 5.26 Å². The standard InChI is InChI=1S/C20H21N3O/c21-16-18-6-8-19(9-7-18)20(24)23-14-12-22(13-15-23)11-10-17-4-2-1-3-5-17/h1-9H,10-15H2. The van der Waals surface area contributed by atoms with Crippen LogP contribution in [0.15, 0.2) is 54.6 Å². The summed E-state index contributed by atoms with van der Waals surface area (Å²) in [6, 6.07) is 19.4. The summed E-state index contributed by atoms with van der Waals surface area (Å²) in [5.74, 6) is 0.0576. The molecule has 0 unspecified atom stereocenters. The summed E-state index contributed by atoms with van der Waals surface area (Å²) >= 11 is 0. The predicted molar refractivity (Wildman–Crippen MR) is 93.6 cm³/mol. The van der Waals surface area contributed by atoms with Gasteiger partial charge in [-0.15, -0.1) is 0 Å².